The number of hydrogen-bond donors (Lipinski definition) is 0. The van der Waals surface area contributed by atoms with Crippen LogP contribution in [0.4, 0.5) is 4.39 Å². The number of thiocarbonyl (C=S) groups is 1. The number of ether oxygens (including phenoxy) is 3. The monoisotopic (exact) mass is 361 g/mol. The lowest BCUT2D eigenvalue weighted by atomic mass is 10.1. The third-order valence-electron chi connectivity index (χ3n) is 4.02. The van der Waals surface area contributed by atoms with Crippen LogP contribution in [-0.4, -0.2) is 43.3 Å². The molecule has 3 rings (SSSR count). The molecule has 0 bridgehead atoms. The molecule has 0 radical (unpaired) electrons. The van der Waals surface area contributed by atoms with Crippen molar-refractivity contribution in [2.75, 3.05) is 33.4 Å². The largest absolute Gasteiger partial charge is 0.493 e. The van der Waals surface area contributed by atoms with Gasteiger partial charge in [-0.25, -0.2) is 4.39 Å². The van der Waals surface area contributed by atoms with Crippen molar-refractivity contribution in [2.45, 2.75) is 6.61 Å². The highest BCUT2D eigenvalue weighted by molar-refractivity contribution is 7.80. The third kappa shape index (κ3) is 4.27. The van der Waals surface area contributed by atoms with Crippen LogP contribution in [0.15, 0.2) is 42.5 Å². The summed E-state index contributed by atoms with van der Waals surface area (Å²) in [7, 11) is 1.60. The minimum absolute atomic E-state index is 0.268. The topological polar surface area (TPSA) is 30.9 Å². The molecule has 1 aliphatic rings. The first kappa shape index (κ1) is 17.6. The molecule has 0 aliphatic carbocycles. The van der Waals surface area contributed by atoms with Gasteiger partial charge in [-0.2, -0.15) is 0 Å². The predicted molar refractivity (Wildman–Crippen MR) is 97.8 cm³/mol. The molecule has 4 nitrogen and oxygen atoms in total. The quantitative estimate of drug-likeness (QED) is 0.762. The average molecular weight is 361 g/mol. The minimum Gasteiger partial charge on any atom is -0.493 e. The number of methoxy groups -OCH3 is 1. The molecule has 2 aromatic rings. The first-order valence-corrected chi connectivity index (χ1v) is 8.51. The van der Waals surface area contributed by atoms with Gasteiger partial charge in [0.1, 0.15) is 17.4 Å². The summed E-state index contributed by atoms with van der Waals surface area (Å²) < 4.78 is 29.9. The van der Waals surface area contributed by atoms with E-state index in [9.17, 15) is 4.39 Å². The van der Waals surface area contributed by atoms with E-state index in [2.05, 4.69) is 4.90 Å². The minimum atomic E-state index is -0.268. The summed E-state index contributed by atoms with van der Waals surface area (Å²) >= 11 is 5.67. The number of hydrogen-bond acceptors (Lipinski definition) is 4. The highest BCUT2D eigenvalue weighted by Crippen LogP contribution is 2.33. The maximum absolute atomic E-state index is 13.1. The van der Waals surface area contributed by atoms with E-state index in [-0.39, 0.29) is 5.82 Å². The van der Waals surface area contributed by atoms with E-state index in [1.807, 2.05) is 18.2 Å². The molecule has 1 saturated heterocycles. The first-order valence-electron chi connectivity index (χ1n) is 8.10. The molecule has 0 atom stereocenters. The van der Waals surface area contributed by atoms with Crippen LogP contribution in [0.1, 0.15) is 11.1 Å². The first-order chi connectivity index (χ1) is 12.2. The van der Waals surface area contributed by atoms with Gasteiger partial charge in [0.05, 0.1) is 25.9 Å². The SMILES string of the molecule is COc1cccc(C(=S)N2CCOCC2)c1OCc1ccc(F)cc1. The van der Waals surface area contributed by atoms with Gasteiger partial charge in [-0.3, -0.25) is 0 Å². The Hall–Kier alpha value is -2.18. The number of nitrogens with zero attached hydrogens (tertiary/aromatic N) is 1. The van der Waals surface area contributed by atoms with Crippen LogP contribution in [-0.2, 0) is 11.3 Å². The van der Waals surface area contributed by atoms with Gasteiger partial charge in [0.2, 0.25) is 0 Å². The molecule has 1 fully saturated rings. The summed E-state index contributed by atoms with van der Waals surface area (Å²) in [5.74, 6) is 0.955. The molecule has 1 aliphatic heterocycles. The smallest absolute Gasteiger partial charge is 0.171 e. The van der Waals surface area contributed by atoms with Crippen LogP contribution in [0, 0.1) is 5.82 Å². The Morgan fingerprint density at radius 1 is 1.16 bits per heavy atom. The van der Waals surface area contributed by atoms with Gasteiger partial charge < -0.3 is 19.1 Å². The van der Waals surface area contributed by atoms with Crippen molar-refractivity contribution in [2.24, 2.45) is 0 Å². The summed E-state index contributed by atoms with van der Waals surface area (Å²) in [4.78, 5) is 2.83. The molecule has 2 aromatic carbocycles. The number of para-hydroxylation sites is 1. The molecule has 0 spiro atoms. The summed E-state index contributed by atoms with van der Waals surface area (Å²) in [6, 6.07) is 11.9. The van der Waals surface area contributed by atoms with Gasteiger partial charge in [-0.15, -0.1) is 0 Å². The lowest BCUT2D eigenvalue weighted by Gasteiger charge is -2.30. The molecular weight excluding hydrogens is 341 g/mol. The van der Waals surface area contributed by atoms with Crippen LogP contribution in [0.25, 0.3) is 0 Å². The standard InChI is InChI=1S/C19H20FNO3S/c1-22-17-4-2-3-16(19(25)21-9-11-23-12-10-21)18(17)24-13-14-5-7-15(20)8-6-14/h2-8H,9-13H2,1H3. The van der Waals surface area contributed by atoms with Gasteiger partial charge in [-0.1, -0.05) is 30.4 Å². The number of rotatable bonds is 5. The summed E-state index contributed by atoms with van der Waals surface area (Å²) in [6.07, 6.45) is 0. The fourth-order valence-corrected chi connectivity index (χ4v) is 3.01. The van der Waals surface area contributed by atoms with Crippen molar-refractivity contribution in [1.29, 1.82) is 0 Å². The summed E-state index contributed by atoms with van der Waals surface area (Å²) in [6.45, 7) is 3.14. The van der Waals surface area contributed by atoms with Gasteiger partial charge >= 0.3 is 0 Å². The maximum Gasteiger partial charge on any atom is 0.171 e. The van der Waals surface area contributed by atoms with Crippen molar-refractivity contribution < 1.29 is 18.6 Å². The third-order valence-corrected chi connectivity index (χ3v) is 4.50. The average Bonchev–Trinajstić information content (AvgIpc) is 2.67. The van der Waals surface area contributed by atoms with E-state index in [1.165, 1.54) is 12.1 Å². The van der Waals surface area contributed by atoms with Gasteiger partial charge in [0, 0.05) is 13.1 Å². The van der Waals surface area contributed by atoms with Crippen molar-refractivity contribution in [3.8, 4) is 11.5 Å². The fourth-order valence-electron chi connectivity index (χ4n) is 2.67. The normalized spacial score (nSPS) is 14.2. The second-order valence-electron chi connectivity index (χ2n) is 5.66. The summed E-state index contributed by atoms with van der Waals surface area (Å²) in [5, 5.41) is 0. The Bertz CT molecular complexity index is 730. The number of halogens is 1. The zero-order chi connectivity index (χ0) is 17.6. The molecule has 0 saturated carbocycles. The summed E-state index contributed by atoms with van der Waals surface area (Å²) in [5.41, 5.74) is 1.69. The van der Waals surface area contributed by atoms with Crippen molar-refractivity contribution in [3.63, 3.8) is 0 Å². The van der Waals surface area contributed by atoms with E-state index in [4.69, 9.17) is 26.4 Å². The van der Waals surface area contributed by atoms with E-state index < -0.39 is 0 Å². The fraction of sp³-hybridized carbons (Fsp3) is 0.316. The second-order valence-corrected chi connectivity index (χ2v) is 6.04. The van der Waals surface area contributed by atoms with Crippen molar-refractivity contribution in [3.05, 3.63) is 59.4 Å². The lowest BCUT2D eigenvalue weighted by molar-refractivity contribution is 0.0692. The molecule has 1 heterocycles. The van der Waals surface area contributed by atoms with E-state index in [0.29, 0.717) is 31.3 Å². The predicted octanol–water partition coefficient (Wildman–Crippen LogP) is 3.42. The van der Waals surface area contributed by atoms with Crippen molar-refractivity contribution >= 4 is 17.2 Å². The Balaban J connectivity index is 1.83. The van der Waals surface area contributed by atoms with Gasteiger partial charge in [0.15, 0.2) is 11.5 Å². The van der Waals surface area contributed by atoms with Gasteiger partial charge in [0.25, 0.3) is 0 Å². The van der Waals surface area contributed by atoms with Crippen LogP contribution in [0.2, 0.25) is 0 Å². The molecule has 0 aromatic heterocycles. The number of morpholine rings is 1. The van der Waals surface area contributed by atoms with E-state index >= 15 is 0 Å². The Morgan fingerprint density at radius 3 is 2.56 bits per heavy atom. The molecule has 0 unspecified atom stereocenters. The second kappa shape index (κ2) is 8.27. The van der Waals surface area contributed by atoms with Crippen molar-refractivity contribution in [1.82, 2.24) is 4.90 Å². The Labute approximate surface area is 152 Å². The molecular formula is C19H20FNO3S. The maximum atomic E-state index is 13.1. The van der Waals surface area contributed by atoms with E-state index in [0.717, 1.165) is 29.2 Å². The molecule has 132 valence electrons. The zero-order valence-corrected chi connectivity index (χ0v) is 14.9. The Kier molecular flexibility index (Phi) is 5.83. The molecule has 0 N–H and O–H groups in total. The van der Waals surface area contributed by atoms with Crippen LogP contribution in [0.3, 0.4) is 0 Å². The lowest BCUT2D eigenvalue weighted by Crippen LogP contribution is -2.40. The van der Waals surface area contributed by atoms with Gasteiger partial charge in [-0.05, 0) is 29.8 Å². The van der Waals surface area contributed by atoms with E-state index in [1.54, 1.807) is 19.2 Å². The highest BCUT2D eigenvalue weighted by atomic mass is 32.1. The molecule has 6 heteroatoms. The van der Waals surface area contributed by atoms with Crippen LogP contribution in [0.5, 0.6) is 11.5 Å². The Morgan fingerprint density at radius 2 is 1.88 bits per heavy atom. The van der Waals surface area contributed by atoms with Crippen LogP contribution < -0.4 is 9.47 Å². The highest BCUT2D eigenvalue weighted by Gasteiger charge is 2.21. The zero-order valence-electron chi connectivity index (χ0n) is 14.0. The number of benzene rings is 2. The molecule has 0 amide bonds. The van der Waals surface area contributed by atoms with Crippen LogP contribution >= 0.6 is 12.2 Å². The molecule has 25 heavy (non-hydrogen) atoms.